The molecular weight excluding hydrogens is 314 g/mol. The van der Waals surface area contributed by atoms with Crippen molar-refractivity contribution in [2.45, 2.75) is 20.5 Å². The number of hydrogen-bond acceptors (Lipinski definition) is 5. The number of halogens is 1. The molecule has 2 aromatic heterocycles. The first-order valence-electron chi connectivity index (χ1n) is 7.11. The number of aromatic nitrogens is 4. The molecule has 2 N–H and O–H groups in total. The van der Waals surface area contributed by atoms with Crippen molar-refractivity contribution in [3.05, 3.63) is 58.6 Å². The fourth-order valence-electron chi connectivity index (χ4n) is 2.08. The number of nitrogens with zero attached hydrogens (tertiary/aromatic N) is 3. The predicted molar refractivity (Wildman–Crippen MR) is 89.2 cm³/mol. The van der Waals surface area contributed by atoms with Crippen molar-refractivity contribution in [3.63, 3.8) is 0 Å². The van der Waals surface area contributed by atoms with Crippen LogP contribution in [0.5, 0.6) is 5.75 Å². The minimum Gasteiger partial charge on any atom is -0.484 e. The van der Waals surface area contributed by atoms with E-state index in [1.54, 1.807) is 6.07 Å². The lowest BCUT2D eigenvalue weighted by Gasteiger charge is -2.09. The van der Waals surface area contributed by atoms with Crippen LogP contribution in [0.3, 0.4) is 0 Å². The minimum absolute atomic E-state index is 0.236. The van der Waals surface area contributed by atoms with E-state index < -0.39 is 0 Å². The van der Waals surface area contributed by atoms with Gasteiger partial charge in [0.05, 0.1) is 5.02 Å². The topological polar surface area (TPSA) is 75.7 Å². The van der Waals surface area contributed by atoms with Crippen LogP contribution in [0.4, 0.5) is 11.6 Å². The van der Waals surface area contributed by atoms with E-state index in [2.05, 4.69) is 25.5 Å². The van der Waals surface area contributed by atoms with E-state index in [1.807, 2.05) is 44.2 Å². The number of aryl methyl sites for hydroxylation is 2. The predicted octanol–water partition coefficient (Wildman–Crippen LogP) is 3.79. The average molecular weight is 330 g/mol. The molecule has 23 heavy (non-hydrogen) atoms. The third-order valence-electron chi connectivity index (χ3n) is 3.06. The Morgan fingerprint density at radius 3 is 2.70 bits per heavy atom. The van der Waals surface area contributed by atoms with E-state index in [1.165, 1.54) is 0 Å². The molecule has 1 aromatic carbocycles. The van der Waals surface area contributed by atoms with Crippen molar-refractivity contribution in [2.75, 3.05) is 5.32 Å². The Kier molecular flexibility index (Phi) is 4.43. The van der Waals surface area contributed by atoms with E-state index >= 15 is 0 Å². The van der Waals surface area contributed by atoms with E-state index in [9.17, 15) is 0 Å². The second-order valence-corrected chi connectivity index (χ2v) is 5.50. The van der Waals surface area contributed by atoms with Crippen molar-refractivity contribution in [2.24, 2.45) is 0 Å². The first-order chi connectivity index (χ1) is 11.1. The summed E-state index contributed by atoms with van der Waals surface area (Å²) >= 11 is 6.07. The molecule has 0 aliphatic heterocycles. The van der Waals surface area contributed by atoms with Crippen molar-refractivity contribution in [3.8, 4) is 5.75 Å². The van der Waals surface area contributed by atoms with Crippen LogP contribution in [0.1, 0.15) is 17.2 Å². The highest BCUT2D eigenvalue weighted by atomic mass is 35.5. The summed E-state index contributed by atoms with van der Waals surface area (Å²) in [6.07, 6.45) is 0. The SMILES string of the molecule is Cc1cc(Nc2cc(C)[nH]n2)nc(COc2ccccc2Cl)n1. The Balaban J connectivity index is 1.74. The third kappa shape index (κ3) is 3.98. The molecular formula is C16H16ClN5O. The smallest absolute Gasteiger partial charge is 0.168 e. The Labute approximate surface area is 138 Å². The largest absolute Gasteiger partial charge is 0.484 e. The zero-order valence-electron chi connectivity index (χ0n) is 12.8. The Bertz CT molecular complexity index is 818. The van der Waals surface area contributed by atoms with Crippen LogP contribution in [-0.4, -0.2) is 20.2 Å². The molecule has 118 valence electrons. The molecule has 7 heteroatoms. The fraction of sp³-hybridized carbons (Fsp3) is 0.188. The number of rotatable bonds is 5. The summed E-state index contributed by atoms with van der Waals surface area (Å²) in [5.41, 5.74) is 1.81. The highest BCUT2D eigenvalue weighted by Crippen LogP contribution is 2.24. The van der Waals surface area contributed by atoms with Crippen LogP contribution >= 0.6 is 11.6 Å². The van der Waals surface area contributed by atoms with Crippen LogP contribution in [0.15, 0.2) is 36.4 Å². The van der Waals surface area contributed by atoms with E-state index in [0.717, 1.165) is 11.4 Å². The molecule has 2 heterocycles. The number of ether oxygens (including phenoxy) is 1. The van der Waals surface area contributed by atoms with Gasteiger partial charge in [0.15, 0.2) is 11.6 Å². The standard InChI is InChI=1S/C16H16ClN5O/c1-10-7-14(19-15-8-11(2)21-22-15)20-16(18-10)9-23-13-6-4-3-5-12(13)17/h3-8H,9H2,1-2H3,(H2,18,19,20,21,22). The number of aromatic amines is 1. The number of H-pyrrole nitrogens is 1. The van der Waals surface area contributed by atoms with Gasteiger partial charge in [-0.15, -0.1) is 0 Å². The highest BCUT2D eigenvalue weighted by molar-refractivity contribution is 6.32. The Morgan fingerprint density at radius 1 is 1.13 bits per heavy atom. The summed E-state index contributed by atoms with van der Waals surface area (Å²) in [5, 5.41) is 10.7. The maximum Gasteiger partial charge on any atom is 0.168 e. The van der Waals surface area contributed by atoms with Gasteiger partial charge in [0.25, 0.3) is 0 Å². The maximum atomic E-state index is 6.07. The summed E-state index contributed by atoms with van der Waals surface area (Å²) in [7, 11) is 0. The van der Waals surface area contributed by atoms with Crippen molar-refractivity contribution < 1.29 is 4.74 Å². The van der Waals surface area contributed by atoms with Gasteiger partial charge in [0, 0.05) is 23.5 Å². The van der Waals surface area contributed by atoms with Crippen molar-refractivity contribution in [1.29, 1.82) is 0 Å². The van der Waals surface area contributed by atoms with Crippen LogP contribution in [0.2, 0.25) is 5.02 Å². The van der Waals surface area contributed by atoms with Gasteiger partial charge in [-0.1, -0.05) is 23.7 Å². The molecule has 3 rings (SSSR count). The lowest BCUT2D eigenvalue weighted by molar-refractivity contribution is 0.296. The minimum atomic E-state index is 0.236. The second kappa shape index (κ2) is 6.66. The number of anilines is 2. The molecule has 0 unspecified atom stereocenters. The van der Waals surface area contributed by atoms with Gasteiger partial charge in [0.1, 0.15) is 18.2 Å². The molecule has 0 saturated heterocycles. The van der Waals surface area contributed by atoms with Gasteiger partial charge in [-0.2, -0.15) is 5.10 Å². The number of hydrogen-bond donors (Lipinski definition) is 2. The van der Waals surface area contributed by atoms with Crippen LogP contribution in [0, 0.1) is 13.8 Å². The van der Waals surface area contributed by atoms with Crippen LogP contribution < -0.4 is 10.1 Å². The fourth-order valence-corrected chi connectivity index (χ4v) is 2.27. The summed E-state index contributed by atoms with van der Waals surface area (Å²) < 4.78 is 5.68. The Morgan fingerprint density at radius 2 is 1.96 bits per heavy atom. The molecule has 0 spiro atoms. The zero-order chi connectivity index (χ0) is 16.2. The summed E-state index contributed by atoms with van der Waals surface area (Å²) in [6.45, 7) is 4.08. The molecule has 0 saturated carbocycles. The monoisotopic (exact) mass is 329 g/mol. The molecule has 6 nitrogen and oxygen atoms in total. The van der Waals surface area contributed by atoms with Gasteiger partial charge < -0.3 is 10.1 Å². The maximum absolute atomic E-state index is 6.07. The van der Waals surface area contributed by atoms with E-state index in [4.69, 9.17) is 16.3 Å². The van der Waals surface area contributed by atoms with E-state index in [0.29, 0.717) is 28.2 Å². The molecule has 0 radical (unpaired) electrons. The van der Waals surface area contributed by atoms with Gasteiger partial charge in [-0.05, 0) is 26.0 Å². The third-order valence-corrected chi connectivity index (χ3v) is 3.37. The van der Waals surface area contributed by atoms with Gasteiger partial charge in [-0.3, -0.25) is 5.10 Å². The molecule has 0 aliphatic carbocycles. The normalized spacial score (nSPS) is 10.6. The van der Waals surface area contributed by atoms with Crippen LogP contribution in [-0.2, 0) is 6.61 Å². The highest BCUT2D eigenvalue weighted by Gasteiger charge is 2.07. The molecule has 0 bridgehead atoms. The molecule has 0 aliphatic rings. The molecule has 3 aromatic rings. The lowest BCUT2D eigenvalue weighted by atomic mass is 10.3. The first kappa shape index (κ1) is 15.3. The number of para-hydroxylation sites is 1. The second-order valence-electron chi connectivity index (χ2n) is 5.09. The summed E-state index contributed by atoms with van der Waals surface area (Å²) in [5.74, 6) is 2.55. The van der Waals surface area contributed by atoms with Gasteiger partial charge >= 0.3 is 0 Å². The number of benzene rings is 1. The summed E-state index contributed by atoms with van der Waals surface area (Å²) in [6, 6.07) is 11.1. The quantitative estimate of drug-likeness (QED) is 0.744. The molecule has 0 amide bonds. The lowest BCUT2D eigenvalue weighted by Crippen LogP contribution is -2.05. The summed E-state index contributed by atoms with van der Waals surface area (Å²) in [4.78, 5) is 8.82. The van der Waals surface area contributed by atoms with Crippen LogP contribution in [0.25, 0.3) is 0 Å². The first-order valence-corrected chi connectivity index (χ1v) is 7.49. The molecule has 0 fully saturated rings. The van der Waals surface area contributed by atoms with Crippen molar-refractivity contribution >= 4 is 23.2 Å². The van der Waals surface area contributed by atoms with Crippen molar-refractivity contribution in [1.82, 2.24) is 20.2 Å². The molecule has 0 atom stereocenters. The van der Waals surface area contributed by atoms with Gasteiger partial charge in [0.2, 0.25) is 0 Å². The van der Waals surface area contributed by atoms with E-state index in [-0.39, 0.29) is 6.61 Å². The Hall–Kier alpha value is -2.60. The zero-order valence-corrected chi connectivity index (χ0v) is 13.6. The number of nitrogens with one attached hydrogen (secondary N) is 2. The van der Waals surface area contributed by atoms with Gasteiger partial charge in [-0.25, -0.2) is 9.97 Å². The average Bonchev–Trinajstić information content (AvgIpc) is 2.91.